The molecule has 8 nitrogen and oxygen atoms in total. The third-order valence-electron chi connectivity index (χ3n) is 5.81. The Morgan fingerprint density at radius 1 is 1.03 bits per heavy atom. The standard InChI is InChI=1S/C26H27N7O/c1-26(2,3)33-23-21(22(27)29-16-30-23)24(31-33)32-19-12-8-7-11-18(19)15-20(32)25(34)28-14-13-17-9-5-4-6-10-17/h4-12,15-16H,13-14H2,1-3H3,(H,28,34)(H2,27,29,30). The number of nitrogen functional groups attached to an aromatic ring is 1. The summed E-state index contributed by atoms with van der Waals surface area (Å²) in [6.07, 6.45) is 2.19. The Bertz CT molecular complexity index is 1490. The van der Waals surface area contributed by atoms with E-state index >= 15 is 0 Å². The van der Waals surface area contributed by atoms with Crippen molar-refractivity contribution in [2.75, 3.05) is 12.3 Å². The maximum atomic E-state index is 13.4. The summed E-state index contributed by atoms with van der Waals surface area (Å²) in [6.45, 7) is 6.66. The van der Waals surface area contributed by atoms with Crippen LogP contribution in [0.2, 0.25) is 0 Å². The van der Waals surface area contributed by atoms with Gasteiger partial charge in [0.25, 0.3) is 5.91 Å². The molecule has 1 amide bonds. The van der Waals surface area contributed by atoms with Crippen LogP contribution in [0.25, 0.3) is 27.8 Å². The lowest BCUT2D eigenvalue weighted by molar-refractivity contribution is 0.0947. The maximum absolute atomic E-state index is 13.4. The molecule has 0 saturated carbocycles. The molecular weight excluding hydrogens is 426 g/mol. The Balaban J connectivity index is 1.63. The van der Waals surface area contributed by atoms with Crippen molar-refractivity contribution < 1.29 is 4.79 Å². The first-order chi connectivity index (χ1) is 16.3. The van der Waals surface area contributed by atoms with E-state index < -0.39 is 0 Å². The van der Waals surface area contributed by atoms with Crippen molar-refractivity contribution in [3.63, 3.8) is 0 Å². The van der Waals surface area contributed by atoms with Crippen LogP contribution >= 0.6 is 0 Å². The third kappa shape index (κ3) is 3.77. The molecule has 0 spiro atoms. The normalized spacial score (nSPS) is 11.9. The molecule has 0 aliphatic carbocycles. The number of benzene rings is 2. The molecule has 5 rings (SSSR count). The molecule has 3 aromatic heterocycles. The molecule has 172 valence electrons. The number of hydrogen-bond acceptors (Lipinski definition) is 5. The maximum Gasteiger partial charge on any atom is 0.268 e. The zero-order chi connectivity index (χ0) is 23.9. The van der Waals surface area contributed by atoms with Crippen molar-refractivity contribution in [2.45, 2.75) is 32.7 Å². The van der Waals surface area contributed by atoms with Gasteiger partial charge in [-0.2, -0.15) is 5.10 Å². The van der Waals surface area contributed by atoms with Crippen molar-refractivity contribution in [2.24, 2.45) is 0 Å². The van der Waals surface area contributed by atoms with Crippen LogP contribution in [0, 0.1) is 0 Å². The molecule has 0 bridgehead atoms. The molecule has 0 unspecified atom stereocenters. The fourth-order valence-corrected chi connectivity index (χ4v) is 4.19. The smallest absolute Gasteiger partial charge is 0.268 e. The second-order valence-corrected chi connectivity index (χ2v) is 9.28. The van der Waals surface area contributed by atoms with Crippen LogP contribution in [0.5, 0.6) is 0 Å². The molecule has 0 saturated heterocycles. The molecule has 0 aliphatic heterocycles. The van der Waals surface area contributed by atoms with Crippen molar-refractivity contribution in [1.29, 1.82) is 0 Å². The number of hydrogen-bond donors (Lipinski definition) is 2. The lowest BCUT2D eigenvalue weighted by atomic mass is 10.1. The minimum Gasteiger partial charge on any atom is -0.383 e. The van der Waals surface area contributed by atoms with E-state index in [2.05, 4.69) is 27.4 Å². The molecule has 3 N–H and O–H groups in total. The predicted molar refractivity (Wildman–Crippen MR) is 134 cm³/mol. The first kappa shape index (κ1) is 21.6. The van der Waals surface area contributed by atoms with Crippen LogP contribution in [0.1, 0.15) is 36.8 Å². The second-order valence-electron chi connectivity index (χ2n) is 9.28. The summed E-state index contributed by atoms with van der Waals surface area (Å²) >= 11 is 0. The zero-order valence-electron chi connectivity index (χ0n) is 19.5. The largest absolute Gasteiger partial charge is 0.383 e. The van der Waals surface area contributed by atoms with Gasteiger partial charge < -0.3 is 11.1 Å². The molecule has 3 heterocycles. The molecule has 0 aliphatic rings. The number of nitrogens with two attached hydrogens (primary N) is 1. The van der Waals surface area contributed by atoms with Gasteiger partial charge in [0, 0.05) is 11.9 Å². The van der Waals surface area contributed by atoms with Crippen LogP contribution in [0.3, 0.4) is 0 Å². The minimum absolute atomic E-state index is 0.180. The molecular formula is C26H27N7O. The molecule has 8 heteroatoms. The van der Waals surface area contributed by atoms with Crippen LogP contribution in [-0.4, -0.2) is 36.8 Å². The fourth-order valence-electron chi connectivity index (χ4n) is 4.19. The van der Waals surface area contributed by atoms with Gasteiger partial charge in [-0.1, -0.05) is 48.5 Å². The lowest BCUT2D eigenvalue weighted by Crippen LogP contribution is -2.28. The lowest BCUT2D eigenvalue weighted by Gasteiger charge is -2.19. The highest BCUT2D eigenvalue weighted by Gasteiger charge is 2.27. The van der Waals surface area contributed by atoms with Gasteiger partial charge in [-0.3, -0.25) is 9.36 Å². The highest BCUT2D eigenvalue weighted by molar-refractivity contribution is 6.02. The van der Waals surface area contributed by atoms with E-state index in [1.165, 1.54) is 11.9 Å². The Morgan fingerprint density at radius 2 is 1.76 bits per heavy atom. The number of para-hydroxylation sites is 1. The van der Waals surface area contributed by atoms with Gasteiger partial charge in [-0.15, -0.1) is 0 Å². The quantitative estimate of drug-likeness (QED) is 0.417. The Kier molecular flexibility index (Phi) is 5.28. The van der Waals surface area contributed by atoms with E-state index in [1.807, 2.05) is 78.6 Å². The van der Waals surface area contributed by atoms with Crippen LogP contribution in [-0.2, 0) is 12.0 Å². The molecule has 5 aromatic rings. The molecule has 34 heavy (non-hydrogen) atoms. The van der Waals surface area contributed by atoms with Gasteiger partial charge in [0.2, 0.25) is 0 Å². The van der Waals surface area contributed by atoms with E-state index in [0.717, 1.165) is 17.3 Å². The number of nitrogens with zero attached hydrogens (tertiary/aromatic N) is 5. The van der Waals surface area contributed by atoms with E-state index in [0.29, 0.717) is 34.9 Å². The topological polar surface area (TPSA) is 104 Å². The number of carbonyl (C=O) groups is 1. The number of anilines is 1. The van der Waals surface area contributed by atoms with E-state index in [4.69, 9.17) is 10.8 Å². The van der Waals surface area contributed by atoms with Crippen molar-refractivity contribution in [3.05, 3.63) is 78.2 Å². The highest BCUT2D eigenvalue weighted by Crippen LogP contribution is 2.32. The number of nitrogens with one attached hydrogen (secondary N) is 1. The van der Waals surface area contributed by atoms with Gasteiger partial charge in [-0.05, 0) is 44.9 Å². The SMILES string of the molecule is CC(C)(C)n1nc(-n2c(C(=O)NCCc3ccccc3)cc3ccccc32)c2c(N)ncnc21. The van der Waals surface area contributed by atoms with Crippen LogP contribution < -0.4 is 11.1 Å². The van der Waals surface area contributed by atoms with Gasteiger partial charge in [0.15, 0.2) is 11.5 Å². The van der Waals surface area contributed by atoms with Crippen molar-refractivity contribution in [1.82, 2.24) is 29.6 Å². The van der Waals surface area contributed by atoms with Gasteiger partial charge >= 0.3 is 0 Å². The summed E-state index contributed by atoms with van der Waals surface area (Å²) in [5.74, 6) is 0.683. The van der Waals surface area contributed by atoms with E-state index in [9.17, 15) is 4.79 Å². The number of aromatic nitrogens is 5. The number of amides is 1. The summed E-state index contributed by atoms with van der Waals surface area (Å²) < 4.78 is 3.69. The first-order valence-electron chi connectivity index (χ1n) is 11.3. The first-order valence-corrected chi connectivity index (χ1v) is 11.3. The van der Waals surface area contributed by atoms with Crippen LogP contribution in [0.15, 0.2) is 67.0 Å². The zero-order valence-corrected chi connectivity index (χ0v) is 19.5. The van der Waals surface area contributed by atoms with Crippen molar-refractivity contribution >= 4 is 33.7 Å². The number of rotatable bonds is 5. The number of carbonyl (C=O) groups excluding carboxylic acids is 1. The second kappa shape index (κ2) is 8.30. The summed E-state index contributed by atoms with van der Waals surface area (Å²) in [5, 5.41) is 9.52. The average Bonchev–Trinajstić information content (AvgIpc) is 3.39. The average molecular weight is 454 g/mol. The molecule has 2 aromatic carbocycles. The molecule has 0 radical (unpaired) electrons. The van der Waals surface area contributed by atoms with Crippen molar-refractivity contribution in [3.8, 4) is 5.82 Å². The molecule has 0 atom stereocenters. The third-order valence-corrected chi connectivity index (χ3v) is 5.81. The van der Waals surface area contributed by atoms with Gasteiger partial charge in [0.05, 0.1) is 11.1 Å². The fraction of sp³-hybridized carbons (Fsp3) is 0.231. The van der Waals surface area contributed by atoms with Gasteiger partial charge in [0.1, 0.15) is 23.2 Å². The monoisotopic (exact) mass is 453 g/mol. The predicted octanol–water partition coefficient (Wildman–Crippen LogP) is 4.08. The number of fused-ring (bicyclic) bond motifs is 2. The van der Waals surface area contributed by atoms with E-state index in [-0.39, 0.29) is 11.4 Å². The van der Waals surface area contributed by atoms with Crippen LogP contribution in [0.4, 0.5) is 5.82 Å². The Morgan fingerprint density at radius 3 is 2.53 bits per heavy atom. The highest BCUT2D eigenvalue weighted by atomic mass is 16.1. The van der Waals surface area contributed by atoms with Gasteiger partial charge in [-0.25, -0.2) is 14.6 Å². The summed E-state index contributed by atoms with van der Waals surface area (Å²) in [7, 11) is 0. The van der Waals surface area contributed by atoms with E-state index in [1.54, 1.807) is 0 Å². The summed E-state index contributed by atoms with van der Waals surface area (Å²) in [5.41, 5.74) is 9.11. The Hall–Kier alpha value is -4.20. The molecule has 0 fully saturated rings. The minimum atomic E-state index is -0.349. The Labute approximate surface area is 197 Å². The summed E-state index contributed by atoms with van der Waals surface area (Å²) in [6, 6.07) is 19.8. The summed E-state index contributed by atoms with van der Waals surface area (Å²) in [4.78, 5) is 22.1.